The van der Waals surface area contributed by atoms with E-state index >= 15 is 0 Å². The Labute approximate surface area is 120 Å². The van der Waals surface area contributed by atoms with Crippen LogP contribution in [-0.2, 0) is 9.53 Å². The number of ether oxygens (including phenoxy) is 1. The Hall–Kier alpha value is -1.64. The molecular weight excluding hydrogens is 250 g/mol. The van der Waals surface area contributed by atoms with E-state index < -0.39 is 0 Å². The quantitative estimate of drug-likeness (QED) is 0.786. The summed E-state index contributed by atoms with van der Waals surface area (Å²) in [4.78, 5) is 16.9. The zero-order chi connectivity index (χ0) is 14.0. The molecule has 1 aromatic carbocycles. The summed E-state index contributed by atoms with van der Waals surface area (Å²) < 4.78 is 5.45. The third kappa shape index (κ3) is 2.26. The van der Waals surface area contributed by atoms with Crippen LogP contribution in [-0.4, -0.2) is 17.9 Å². The van der Waals surface area contributed by atoms with Gasteiger partial charge in [-0.15, -0.1) is 0 Å². The van der Waals surface area contributed by atoms with Crippen molar-refractivity contribution >= 4 is 11.9 Å². The predicted molar refractivity (Wildman–Crippen MR) is 78.7 cm³/mol. The Balaban J connectivity index is 1.90. The summed E-state index contributed by atoms with van der Waals surface area (Å²) in [5.74, 6) is 0.339. The number of hydrogen-bond donors (Lipinski definition) is 0. The second kappa shape index (κ2) is 5.39. The molecule has 0 saturated heterocycles. The maximum atomic E-state index is 12.3. The number of carbonyl (C=O) groups excluding carboxylic acids is 1. The molecule has 0 aromatic heterocycles. The summed E-state index contributed by atoms with van der Waals surface area (Å²) in [5, 5.41) is 0. The van der Waals surface area contributed by atoms with Gasteiger partial charge < -0.3 is 4.74 Å². The summed E-state index contributed by atoms with van der Waals surface area (Å²) in [6.07, 6.45) is 6.86. The molecule has 2 aliphatic rings. The molecule has 1 saturated carbocycles. The molecule has 1 unspecified atom stereocenters. The minimum absolute atomic E-state index is 0.0197. The van der Waals surface area contributed by atoms with Gasteiger partial charge in [0, 0.05) is 11.0 Å². The van der Waals surface area contributed by atoms with E-state index in [4.69, 9.17) is 4.74 Å². The standard InChI is InChI=1S/C17H21NO2/c1-2-17(11-7-4-8-12-17)14-16(19)20-15(18-14)13-9-5-3-6-10-13/h3,5-6,9-10,14H,2,4,7-8,11-12H2,1H3. The maximum absolute atomic E-state index is 12.3. The summed E-state index contributed by atoms with van der Waals surface area (Å²) in [7, 11) is 0. The van der Waals surface area contributed by atoms with Crippen LogP contribution in [0, 0.1) is 5.41 Å². The normalized spacial score (nSPS) is 25.1. The first-order chi connectivity index (χ1) is 9.75. The van der Waals surface area contributed by atoms with E-state index in [0.717, 1.165) is 24.8 Å². The molecule has 1 fully saturated rings. The van der Waals surface area contributed by atoms with E-state index in [1.54, 1.807) is 0 Å². The SMILES string of the molecule is CCC1(C2N=C(c3ccccc3)OC2=O)CCCCC1. The van der Waals surface area contributed by atoms with Gasteiger partial charge in [0.2, 0.25) is 5.90 Å². The highest BCUT2D eigenvalue weighted by atomic mass is 16.6. The van der Waals surface area contributed by atoms with Crippen molar-refractivity contribution in [2.75, 3.05) is 0 Å². The number of hydrogen-bond acceptors (Lipinski definition) is 3. The van der Waals surface area contributed by atoms with Crippen molar-refractivity contribution in [3.63, 3.8) is 0 Å². The lowest BCUT2D eigenvalue weighted by Crippen LogP contribution is -2.39. The topological polar surface area (TPSA) is 38.7 Å². The molecular formula is C17H21NO2. The highest BCUT2D eigenvalue weighted by Gasteiger charge is 2.46. The van der Waals surface area contributed by atoms with Crippen LogP contribution >= 0.6 is 0 Å². The lowest BCUT2D eigenvalue weighted by atomic mass is 9.67. The number of carbonyl (C=O) groups is 1. The fraction of sp³-hybridized carbons (Fsp3) is 0.529. The van der Waals surface area contributed by atoms with Crippen LogP contribution in [0.25, 0.3) is 0 Å². The van der Waals surface area contributed by atoms with Crippen molar-refractivity contribution in [2.45, 2.75) is 51.5 Å². The van der Waals surface area contributed by atoms with Gasteiger partial charge in [-0.05, 0) is 31.4 Å². The van der Waals surface area contributed by atoms with Crippen LogP contribution in [0.3, 0.4) is 0 Å². The number of esters is 1. The fourth-order valence-electron chi connectivity index (χ4n) is 3.52. The van der Waals surface area contributed by atoms with Crippen molar-refractivity contribution in [2.24, 2.45) is 10.4 Å². The predicted octanol–water partition coefficient (Wildman–Crippen LogP) is 3.72. The Morgan fingerprint density at radius 2 is 1.90 bits per heavy atom. The van der Waals surface area contributed by atoms with Crippen LogP contribution in [0.5, 0.6) is 0 Å². The molecule has 3 nitrogen and oxygen atoms in total. The molecule has 0 radical (unpaired) electrons. The number of rotatable bonds is 3. The van der Waals surface area contributed by atoms with Crippen molar-refractivity contribution in [1.29, 1.82) is 0 Å². The molecule has 0 amide bonds. The summed E-state index contributed by atoms with van der Waals surface area (Å²) >= 11 is 0. The third-order valence-corrected chi connectivity index (χ3v) is 4.82. The number of nitrogens with zero attached hydrogens (tertiary/aromatic N) is 1. The van der Waals surface area contributed by atoms with Crippen molar-refractivity contribution in [1.82, 2.24) is 0 Å². The van der Waals surface area contributed by atoms with E-state index in [2.05, 4.69) is 11.9 Å². The lowest BCUT2D eigenvalue weighted by molar-refractivity contribution is -0.138. The third-order valence-electron chi connectivity index (χ3n) is 4.82. The second-order valence-corrected chi connectivity index (χ2v) is 5.90. The monoisotopic (exact) mass is 271 g/mol. The summed E-state index contributed by atoms with van der Waals surface area (Å²) in [5.41, 5.74) is 0.914. The number of benzene rings is 1. The highest BCUT2D eigenvalue weighted by Crippen LogP contribution is 2.45. The van der Waals surface area contributed by atoms with Gasteiger partial charge in [0.15, 0.2) is 6.04 Å². The molecule has 3 rings (SSSR count). The first kappa shape index (κ1) is 13.3. The zero-order valence-electron chi connectivity index (χ0n) is 12.0. The first-order valence-corrected chi connectivity index (χ1v) is 7.60. The average Bonchev–Trinajstić information content (AvgIpc) is 2.91. The molecule has 1 aliphatic heterocycles. The van der Waals surface area contributed by atoms with Gasteiger partial charge in [-0.1, -0.05) is 44.4 Å². The molecule has 3 heteroatoms. The largest absolute Gasteiger partial charge is 0.406 e. The molecule has 1 heterocycles. The van der Waals surface area contributed by atoms with Gasteiger partial charge in [-0.25, -0.2) is 9.79 Å². The smallest absolute Gasteiger partial charge is 0.338 e. The van der Waals surface area contributed by atoms with Crippen LogP contribution in [0.2, 0.25) is 0 Å². The zero-order valence-corrected chi connectivity index (χ0v) is 12.0. The van der Waals surface area contributed by atoms with Gasteiger partial charge >= 0.3 is 5.97 Å². The minimum Gasteiger partial charge on any atom is -0.406 e. The van der Waals surface area contributed by atoms with Gasteiger partial charge in [0.05, 0.1) is 0 Å². The maximum Gasteiger partial charge on any atom is 0.338 e. The van der Waals surface area contributed by atoms with Gasteiger partial charge in [-0.2, -0.15) is 0 Å². The molecule has 1 aromatic rings. The van der Waals surface area contributed by atoms with Crippen LogP contribution in [0.1, 0.15) is 51.0 Å². The van der Waals surface area contributed by atoms with E-state index in [0.29, 0.717) is 5.90 Å². The van der Waals surface area contributed by atoms with Gasteiger partial charge in [-0.3, -0.25) is 0 Å². The van der Waals surface area contributed by atoms with E-state index in [9.17, 15) is 4.79 Å². The average molecular weight is 271 g/mol. The second-order valence-electron chi connectivity index (χ2n) is 5.90. The molecule has 106 valence electrons. The van der Waals surface area contributed by atoms with Gasteiger partial charge in [0.25, 0.3) is 0 Å². The van der Waals surface area contributed by atoms with E-state index in [1.165, 1.54) is 19.3 Å². The molecule has 0 spiro atoms. The number of aliphatic imine (C=N–C) groups is 1. The van der Waals surface area contributed by atoms with Crippen LogP contribution < -0.4 is 0 Å². The Morgan fingerprint density at radius 3 is 2.55 bits per heavy atom. The van der Waals surface area contributed by atoms with Crippen LogP contribution in [0.4, 0.5) is 0 Å². The Morgan fingerprint density at radius 1 is 1.20 bits per heavy atom. The Bertz CT molecular complexity index is 515. The molecule has 0 bridgehead atoms. The molecule has 1 atom stereocenters. The minimum atomic E-state index is -0.303. The Kier molecular flexibility index (Phi) is 3.60. The van der Waals surface area contributed by atoms with Gasteiger partial charge in [0.1, 0.15) is 0 Å². The van der Waals surface area contributed by atoms with Crippen molar-refractivity contribution in [3.05, 3.63) is 35.9 Å². The first-order valence-electron chi connectivity index (χ1n) is 7.60. The molecule has 0 N–H and O–H groups in total. The molecule has 20 heavy (non-hydrogen) atoms. The molecule has 1 aliphatic carbocycles. The van der Waals surface area contributed by atoms with E-state index in [-0.39, 0.29) is 17.4 Å². The highest BCUT2D eigenvalue weighted by molar-refractivity contribution is 6.06. The lowest BCUT2D eigenvalue weighted by Gasteiger charge is -2.38. The van der Waals surface area contributed by atoms with Crippen molar-refractivity contribution < 1.29 is 9.53 Å². The van der Waals surface area contributed by atoms with E-state index in [1.807, 2.05) is 30.3 Å². The fourth-order valence-corrected chi connectivity index (χ4v) is 3.52. The van der Waals surface area contributed by atoms with Crippen LogP contribution in [0.15, 0.2) is 35.3 Å². The van der Waals surface area contributed by atoms with Crippen molar-refractivity contribution in [3.8, 4) is 0 Å². The number of cyclic esters (lactones) is 1. The summed E-state index contributed by atoms with van der Waals surface area (Å²) in [6, 6.07) is 9.40. The summed E-state index contributed by atoms with van der Waals surface area (Å²) in [6.45, 7) is 2.18.